The van der Waals surface area contributed by atoms with E-state index in [1.807, 2.05) is 20.9 Å². The minimum Gasteiger partial charge on any atom is -0.338 e. The van der Waals surface area contributed by atoms with E-state index in [9.17, 15) is 4.79 Å². The fourth-order valence-corrected chi connectivity index (χ4v) is 1.40. The first-order valence-corrected chi connectivity index (χ1v) is 5.44. The Hall–Kier alpha value is -1.57. The van der Waals surface area contributed by atoms with E-state index < -0.39 is 0 Å². The van der Waals surface area contributed by atoms with Crippen LogP contribution < -0.4 is 0 Å². The van der Waals surface area contributed by atoms with Crippen LogP contribution in [0.2, 0.25) is 0 Å². The van der Waals surface area contributed by atoms with Crippen molar-refractivity contribution < 1.29 is 4.79 Å². The third kappa shape index (κ3) is 3.89. The highest BCUT2D eigenvalue weighted by atomic mass is 16.2. The maximum atomic E-state index is 11.7. The minimum absolute atomic E-state index is 0.0561. The summed E-state index contributed by atoms with van der Waals surface area (Å²) in [5.41, 5.74) is 3.42. The third-order valence-electron chi connectivity index (χ3n) is 2.33. The van der Waals surface area contributed by atoms with Crippen LogP contribution in [0.1, 0.15) is 25.0 Å². The van der Waals surface area contributed by atoms with Gasteiger partial charge >= 0.3 is 0 Å². The molecule has 0 saturated heterocycles. The van der Waals surface area contributed by atoms with Gasteiger partial charge in [0.1, 0.15) is 0 Å². The Labute approximate surface area is 97.6 Å². The highest BCUT2D eigenvalue weighted by Gasteiger charge is 2.05. The molecule has 0 radical (unpaired) electrons. The Balaban J connectivity index is 2.64. The van der Waals surface area contributed by atoms with Gasteiger partial charge in [0.15, 0.2) is 0 Å². The van der Waals surface area contributed by atoms with Crippen LogP contribution in [0.4, 0.5) is 0 Å². The molecule has 2 heteroatoms. The van der Waals surface area contributed by atoms with Gasteiger partial charge in [-0.2, -0.15) is 0 Å². The molecular weight excluding hydrogens is 198 g/mol. The Morgan fingerprint density at radius 2 is 1.81 bits per heavy atom. The summed E-state index contributed by atoms with van der Waals surface area (Å²) in [5, 5.41) is 0. The number of benzene rings is 1. The van der Waals surface area contributed by atoms with Gasteiger partial charge < -0.3 is 4.90 Å². The summed E-state index contributed by atoms with van der Waals surface area (Å²) in [5.74, 6) is 0.0561. The van der Waals surface area contributed by atoms with Gasteiger partial charge in [-0.1, -0.05) is 35.4 Å². The summed E-state index contributed by atoms with van der Waals surface area (Å²) in [6.45, 7) is 6.57. The van der Waals surface area contributed by atoms with E-state index in [0.29, 0.717) is 6.54 Å². The van der Waals surface area contributed by atoms with E-state index in [-0.39, 0.29) is 5.91 Å². The van der Waals surface area contributed by atoms with Crippen molar-refractivity contribution in [3.05, 3.63) is 47.0 Å². The first kappa shape index (κ1) is 12.5. The number of carbonyl (C=O) groups is 1. The Kier molecular flexibility index (Phi) is 4.29. The highest BCUT2D eigenvalue weighted by molar-refractivity contribution is 5.87. The van der Waals surface area contributed by atoms with Crippen molar-refractivity contribution in [2.24, 2.45) is 0 Å². The average molecular weight is 217 g/mol. The topological polar surface area (TPSA) is 20.3 Å². The number of hydrogen-bond acceptors (Lipinski definition) is 1. The molecule has 0 aromatic heterocycles. The number of aryl methyl sites for hydroxylation is 1. The van der Waals surface area contributed by atoms with Gasteiger partial charge in [-0.3, -0.25) is 4.79 Å². The van der Waals surface area contributed by atoms with Gasteiger partial charge in [-0.15, -0.1) is 0 Å². The number of hydrogen-bond donors (Lipinski definition) is 0. The van der Waals surface area contributed by atoms with Crippen molar-refractivity contribution in [3.63, 3.8) is 0 Å². The second-order valence-corrected chi connectivity index (χ2v) is 4.40. The van der Waals surface area contributed by atoms with Crippen molar-refractivity contribution in [2.75, 3.05) is 7.05 Å². The second-order valence-electron chi connectivity index (χ2n) is 4.40. The Bertz CT molecular complexity index is 386. The predicted octanol–water partition coefficient (Wildman–Crippen LogP) is 2.92. The van der Waals surface area contributed by atoms with E-state index in [1.165, 1.54) is 5.56 Å². The van der Waals surface area contributed by atoms with E-state index >= 15 is 0 Å². The van der Waals surface area contributed by atoms with Gasteiger partial charge in [0, 0.05) is 19.7 Å². The maximum absolute atomic E-state index is 11.7. The number of rotatable bonds is 3. The molecule has 0 fully saturated rings. The molecule has 0 aliphatic rings. The van der Waals surface area contributed by atoms with Gasteiger partial charge in [0.05, 0.1) is 0 Å². The molecule has 0 atom stereocenters. The fourth-order valence-electron chi connectivity index (χ4n) is 1.40. The zero-order valence-corrected chi connectivity index (χ0v) is 10.4. The largest absolute Gasteiger partial charge is 0.338 e. The van der Waals surface area contributed by atoms with Crippen LogP contribution in [0, 0.1) is 6.92 Å². The number of allylic oxidation sites excluding steroid dienone is 1. The van der Waals surface area contributed by atoms with Gasteiger partial charge in [-0.05, 0) is 26.3 Å². The molecule has 0 saturated carbocycles. The van der Waals surface area contributed by atoms with Crippen LogP contribution in [0.3, 0.4) is 0 Å². The van der Waals surface area contributed by atoms with Crippen LogP contribution in [0.5, 0.6) is 0 Å². The number of amides is 1. The summed E-state index contributed by atoms with van der Waals surface area (Å²) in [6.07, 6.45) is 1.66. The molecular formula is C14H19NO. The third-order valence-corrected chi connectivity index (χ3v) is 2.33. The molecule has 1 rings (SSSR count). The quantitative estimate of drug-likeness (QED) is 0.713. The van der Waals surface area contributed by atoms with Crippen molar-refractivity contribution in [2.45, 2.75) is 27.3 Å². The molecule has 0 heterocycles. The molecule has 1 amide bonds. The van der Waals surface area contributed by atoms with Crippen LogP contribution in [0.25, 0.3) is 0 Å². The SMILES string of the molecule is CC(C)=CC(=O)N(C)Cc1ccc(C)cc1. The lowest BCUT2D eigenvalue weighted by atomic mass is 10.1. The molecule has 1 aromatic carbocycles. The molecule has 0 aliphatic heterocycles. The van der Waals surface area contributed by atoms with Gasteiger partial charge in [-0.25, -0.2) is 0 Å². The molecule has 0 spiro atoms. The highest BCUT2D eigenvalue weighted by Crippen LogP contribution is 2.06. The van der Waals surface area contributed by atoms with Crippen molar-refractivity contribution in [1.29, 1.82) is 0 Å². The lowest BCUT2D eigenvalue weighted by Crippen LogP contribution is -2.24. The maximum Gasteiger partial charge on any atom is 0.246 e. The Morgan fingerprint density at radius 3 is 2.31 bits per heavy atom. The summed E-state index contributed by atoms with van der Waals surface area (Å²) >= 11 is 0. The smallest absolute Gasteiger partial charge is 0.246 e. The number of carbonyl (C=O) groups excluding carboxylic acids is 1. The first-order valence-electron chi connectivity index (χ1n) is 5.44. The van der Waals surface area contributed by atoms with Gasteiger partial charge in [0.25, 0.3) is 0 Å². The molecule has 86 valence electrons. The molecule has 0 unspecified atom stereocenters. The fraction of sp³-hybridized carbons (Fsp3) is 0.357. The van der Waals surface area contributed by atoms with Crippen LogP contribution in [-0.2, 0) is 11.3 Å². The standard InChI is InChI=1S/C14H19NO/c1-11(2)9-14(16)15(4)10-13-7-5-12(3)6-8-13/h5-9H,10H2,1-4H3. The molecule has 0 aliphatic carbocycles. The average Bonchev–Trinajstić information content (AvgIpc) is 2.20. The molecule has 1 aromatic rings. The monoisotopic (exact) mass is 217 g/mol. The van der Waals surface area contributed by atoms with Crippen molar-refractivity contribution in [3.8, 4) is 0 Å². The molecule has 0 N–H and O–H groups in total. The van der Waals surface area contributed by atoms with Crippen molar-refractivity contribution in [1.82, 2.24) is 4.90 Å². The lowest BCUT2D eigenvalue weighted by molar-refractivity contribution is -0.125. The van der Waals surface area contributed by atoms with E-state index in [2.05, 4.69) is 31.2 Å². The van der Waals surface area contributed by atoms with Gasteiger partial charge in [0.2, 0.25) is 5.91 Å². The van der Waals surface area contributed by atoms with Crippen LogP contribution in [0.15, 0.2) is 35.9 Å². The van der Waals surface area contributed by atoms with Crippen LogP contribution in [-0.4, -0.2) is 17.9 Å². The second kappa shape index (κ2) is 5.50. The minimum atomic E-state index is 0.0561. The van der Waals surface area contributed by atoms with Crippen LogP contribution >= 0.6 is 0 Å². The zero-order valence-electron chi connectivity index (χ0n) is 10.4. The summed E-state index contributed by atoms with van der Waals surface area (Å²) < 4.78 is 0. The lowest BCUT2D eigenvalue weighted by Gasteiger charge is -2.15. The summed E-state index contributed by atoms with van der Waals surface area (Å²) in [6, 6.07) is 8.24. The molecule has 2 nitrogen and oxygen atoms in total. The Morgan fingerprint density at radius 1 is 1.25 bits per heavy atom. The van der Waals surface area contributed by atoms with E-state index in [1.54, 1.807) is 11.0 Å². The first-order chi connectivity index (χ1) is 7.49. The summed E-state index contributed by atoms with van der Waals surface area (Å²) in [4.78, 5) is 13.4. The van der Waals surface area contributed by atoms with Crippen molar-refractivity contribution >= 4 is 5.91 Å². The molecule has 16 heavy (non-hydrogen) atoms. The summed E-state index contributed by atoms with van der Waals surface area (Å²) in [7, 11) is 1.82. The zero-order chi connectivity index (χ0) is 12.1. The van der Waals surface area contributed by atoms with E-state index in [4.69, 9.17) is 0 Å². The predicted molar refractivity (Wildman–Crippen MR) is 67.1 cm³/mol. The van der Waals surface area contributed by atoms with E-state index in [0.717, 1.165) is 11.1 Å². The number of nitrogens with zero attached hydrogens (tertiary/aromatic N) is 1. The molecule has 0 bridgehead atoms. The number of likely N-dealkylation sites (N-methyl/N-ethyl adjacent to an activating group) is 1. The normalized spacial score (nSPS) is 9.75.